The third-order valence-electron chi connectivity index (χ3n) is 3.60. The van der Waals surface area contributed by atoms with Crippen molar-refractivity contribution in [1.82, 2.24) is 25.5 Å². The molecule has 2 aromatic rings. The highest BCUT2D eigenvalue weighted by Gasteiger charge is 2.28. The standard InChI is InChI=1S/C15H18FN5O3/c1-3-12(15(23)24)17-14(22)13(21-9(2)18-19-20-21)8-10-5-4-6-11(16)7-10/h4-7,12-13H,3,8H2,1-2H3,(H,17,22)(H,23,24). The van der Waals surface area contributed by atoms with Gasteiger partial charge in [-0.15, -0.1) is 5.10 Å². The molecule has 0 aliphatic carbocycles. The Bertz CT molecular complexity index is 733. The lowest BCUT2D eigenvalue weighted by atomic mass is 10.0. The number of aliphatic carboxylic acids is 1. The van der Waals surface area contributed by atoms with Crippen molar-refractivity contribution in [2.75, 3.05) is 0 Å². The van der Waals surface area contributed by atoms with E-state index in [1.165, 1.54) is 22.9 Å². The second kappa shape index (κ2) is 7.62. The third kappa shape index (κ3) is 4.12. The van der Waals surface area contributed by atoms with Crippen LogP contribution in [-0.4, -0.2) is 43.2 Å². The number of carboxylic acid groups (broad SMARTS) is 1. The summed E-state index contributed by atoms with van der Waals surface area (Å²) in [5, 5.41) is 22.6. The molecule has 0 aliphatic heterocycles. The Morgan fingerprint density at radius 1 is 1.42 bits per heavy atom. The van der Waals surface area contributed by atoms with Gasteiger partial charge in [-0.2, -0.15) is 0 Å². The zero-order valence-electron chi connectivity index (χ0n) is 13.3. The topological polar surface area (TPSA) is 110 Å². The van der Waals surface area contributed by atoms with E-state index < -0.39 is 29.8 Å². The molecule has 24 heavy (non-hydrogen) atoms. The van der Waals surface area contributed by atoms with Crippen LogP contribution in [-0.2, 0) is 16.0 Å². The number of amides is 1. The lowest BCUT2D eigenvalue weighted by molar-refractivity contribution is -0.142. The minimum Gasteiger partial charge on any atom is -0.480 e. The Hall–Kier alpha value is -2.84. The summed E-state index contributed by atoms with van der Waals surface area (Å²) in [5.74, 6) is -1.68. The summed E-state index contributed by atoms with van der Waals surface area (Å²) in [6.45, 7) is 3.28. The van der Waals surface area contributed by atoms with Crippen molar-refractivity contribution in [2.24, 2.45) is 0 Å². The highest BCUT2D eigenvalue weighted by molar-refractivity contribution is 5.86. The molecule has 2 atom stereocenters. The van der Waals surface area contributed by atoms with E-state index in [2.05, 4.69) is 20.8 Å². The first-order valence-electron chi connectivity index (χ1n) is 7.44. The molecule has 8 nitrogen and oxygen atoms in total. The van der Waals surface area contributed by atoms with E-state index in [0.29, 0.717) is 11.4 Å². The third-order valence-corrected chi connectivity index (χ3v) is 3.60. The van der Waals surface area contributed by atoms with Crippen LogP contribution in [0.15, 0.2) is 24.3 Å². The number of hydrogen-bond acceptors (Lipinski definition) is 5. The minimum absolute atomic E-state index is 0.130. The molecule has 128 valence electrons. The van der Waals surface area contributed by atoms with Crippen molar-refractivity contribution in [3.05, 3.63) is 41.5 Å². The number of aryl methyl sites for hydroxylation is 1. The zero-order valence-corrected chi connectivity index (χ0v) is 13.3. The second-order valence-corrected chi connectivity index (χ2v) is 5.33. The molecule has 0 saturated heterocycles. The van der Waals surface area contributed by atoms with Gasteiger partial charge in [0.2, 0.25) is 5.91 Å². The van der Waals surface area contributed by atoms with Gasteiger partial charge >= 0.3 is 5.97 Å². The fraction of sp³-hybridized carbons (Fsp3) is 0.400. The second-order valence-electron chi connectivity index (χ2n) is 5.33. The smallest absolute Gasteiger partial charge is 0.326 e. The van der Waals surface area contributed by atoms with Gasteiger partial charge < -0.3 is 10.4 Å². The van der Waals surface area contributed by atoms with E-state index in [0.717, 1.165) is 0 Å². The number of carboxylic acids is 1. The van der Waals surface area contributed by atoms with E-state index in [-0.39, 0.29) is 12.8 Å². The number of nitrogens with one attached hydrogen (secondary N) is 1. The Kier molecular flexibility index (Phi) is 5.56. The van der Waals surface area contributed by atoms with Gasteiger partial charge in [0.15, 0.2) is 0 Å². The van der Waals surface area contributed by atoms with E-state index >= 15 is 0 Å². The predicted molar refractivity (Wildman–Crippen MR) is 81.6 cm³/mol. The van der Waals surface area contributed by atoms with Crippen molar-refractivity contribution in [2.45, 2.75) is 38.8 Å². The van der Waals surface area contributed by atoms with Crippen LogP contribution in [0.1, 0.15) is 30.8 Å². The van der Waals surface area contributed by atoms with Crippen LogP contribution in [0.4, 0.5) is 4.39 Å². The number of tetrazole rings is 1. The molecule has 0 saturated carbocycles. The maximum Gasteiger partial charge on any atom is 0.326 e. The number of nitrogens with zero attached hydrogens (tertiary/aromatic N) is 4. The molecule has 2 N–H and O–H groups in total. The van der Waals surface area contributed by atoms with E-state index in [4.69, 9.17) is 5.11 Å². The van der Waals surface area contributed by atoms with Crippen LogP contribution in [0.5, 0.6) is 0 Å². The van der Waals surface area contributed by atoms with Crippen LogP contribution in [0, 0.1) is 12.7 Å². The number of aromatic nitrogens is 4. The monoisotopic (exact) mass is 335 g/mol. The van der Waals surface area contributed by atoms with Gasteiger partial charge in [-0.05, 0) is 41.5 Å². The summed E-state index contributed by atoms with van der Waals surface area (Å²) < 4.78 is 14.7. The average molecular weight is 335 g/mol. The van der Waals surface area contributed by atoms with Crippen molar-refractivity contribution in [3.63, 3.8) is 0 Å². The first-order chi connectivity index (χ1) is 11.4. The molecule has 2 rings (SSSR count). The minimum atomic E-state index is -1.12. The van der Waals surface area contributed by atoms with Crippen molar-refractivity contribution >= 4 is 11.9 Å². The number of carbonyl (C=O) groups is 2. The van der Waals surface area contributed by atoms with E-state index in [9.17, 15) is 14.0 Å². The maximum absolute atomic E-state index is 13.4. The Morgan fingerprint density at radius 3 is 2.71 bits per heavy atom. The molecule has 0 spiro atoms. The van der Waals surface area contributed by atoms with Gasteiger partial charge in [-0.1, -0.05) is 19.1 Å². The quantitative estimate of drug-likeness (QED) is 0.777. The van der Waals surface area contributed by atoms with Crippen LogP contribution in [0.2, 0.25) is 0 Å². The van der Waals surface area contributed by atoms with Crippen molar-refractivity contribution in [3.8, 4) is 0 Å². The van der Waals surface area contributed by atoms with Gasteiger partial charge in [0.1, 0.15) is 23.7 Å². The van der Waals surface area contributed by atoms with Crippen LogP contribution >= 0.6 is 0 Å². The molecule has 1 heterocycles. The Labute approximate surface area is 137 Å². The molecule has 0 bridgehead atoms. The number of hydrogen-bond donors (Lipinski definition) is 2. The molecule has 1 amide bonds. The summed E-state index contributed by atoms with van der Waals surface area (Å²) >= 11 is 0. The number of halogens is 1. The molecule has 1 aromatic heterocycles. The van der Waals surface area contributed by atoms with Gasteiger partial charge in [-0.3, -0.25) is 4.79 Å². The molecule has 0 radical (unpaired) electrons. The van der Waals surface area contributed by atoms with E-state index in [1.807, 2.05) is 0 Å². The Morgan fingerprint density at radius 2 is 2.17 bits per heavy atom. The molecule has 1 aromatic carbocycles. The summed E-state index contributed by atoms with van der Waals surface area (Å²) in [6, 6.07) is 3.95. The van der Waals surface area contributed by atoms with Crippen molar-refractivity contribution in [1.29, 1.82) is 0 Å². The predicted octanol–water partition coefficient (Wildman–Crippen LogP) is 0.884. The largest absolute Gasteiger partial charge is 0.480 e. The van der Waals surface area contributed by atoms with Crippen LogP contribution < -0.4 is 5.32 Å². The molecule has 0 aliphatic rings. The lowest BCUT2D eigenvalue weighted by Crippen LogP contribution is -2.44. The number of carbonyl (C=O) groups excluding carboxylic acids is 1. The molecule has 2 unspecified atom stereocenters. The SMILES string of the molecule is CCC(NC(=O)C(Cc1cccc(F)c1)n1nnnc1C)C(=O)O. The van der Waals surface area contributed by atoms with Crippen molar-refractivity contribution < 1.29 is 19.1 Å². The first kappa shape index (κ1) is 17.5. The fourth-order valence-corrected chi connectivity index (χ4v) is 2.31. The highest BCUT2D eigenvalue weighted by atomic mass is 19.1. The Balaban J connectivity index is 2.28. The van der Waals surface area contributed by atoms with E-state index in [1.54, 1.807) is 19.9 Å². The van der Waals surface area contributed by atoms with Gasteiger partial charge in [0.25, 0.3) is 0 Å². The lowest BCUT2D eigenvalue weighted by Gasteiger charge is -2.20. The highest BCUT2D eigenvalue weighted by Crippen LogP contribution is 2.16. The van der Waals surface area contributed by atoms with Crippen LogP contribution in [0.25, 0.3) is 0 Å². The molecule has 9 heteroatoms. The van der Waals surface area contributed by atoms with Gasteiger partial charge in [0.05, 0.1) is 0 Å². The summed E-state index contributed by atoms with van der Waals surface area (Å²) in [7, 11) is 0. The van der Waals surface area contributed by atoms with Gasteiger partial charge in [0, 0.05) is 6.42 Å². The molecule has 0 fully saturated rings. The van der Waals surface area contributed by atoms with Gasteiger partial charge in [-0.25, -0.2) is 13.9 Å². The summed E-state index contributed by atoms with van der Waals surface area (Å²) in [5.41, 5.74) is 0.577. The maximum atomic E-state index is 13.4. The first-order valence-corrected chi connectivity index (χ1v) is 7.44. The summed E-state index contributed by atoms with van der Waals surface area (Å²) in [4.78, 5) is 23.7. The zero-order chi connectivity index (χ0) is 17.7. The normalized spacial score (nSPS) is 13.3. The molecular formula is C15H18FN5O3. The fourth-order valence-electron chi connectivity index (χ4n) is 2.31. The number of rotatable bonds is 7. The average Bonchev–Trinajstić information content (AvgIpc) is 2.95. The summed E-state index contributed by atoms with van der Waals surface area (Å²) in [6.07, 6.45) is 0.369. The number of benzene rings is 1. The van der Waals surface area contributed by atoms with Crippen LogP contribution in [0.3, 0.4) is 0 Å². The molecular weight excluding hydrogens is 317 g/mol.